The summed E-state index contributed by atoms with van der Waals surface area (Å²) >= 11 is 5.92. The average molecular weight is 393 g/mol. The van der Waals surface area contributed by atoms with Gasteiger partial charge in [0.05, 0.1) is 0 Å². The Bertz CT molecular complexity index is 999. The topological polar surface area (TPSA) is 62.6 Å². The first kappa shape index (κ1) is 18.8. The Morgan fingerprint density at radius 3 is 2.52 bits per heavy atom. The summed E-state index contributed by atoms with van der Waals surface area (Å²) in [7, 11) is 0. The number of anilines is 1. The van der Waals surface area contributed by atoms with Gasteiger partial charge in [-0.05, 0) is 43.3 Å². The monoisotopic (exact) mass is 392 g/mol. The number of carbonyl (C=O) groups is 2. The summed E-state index contributed by atoms with van der Waals surface area (Å²) in [6.45, 7) is 1.49. The van der Waals surface area contributed by atoms with Crippen LogP contribution in [-0.2, 0) is 4.79 Å². The summed E-state index contributed by atoms with van der Waals surface area (Å²) in [6.07, 6.45) is 0. The molecule has 0 radical (unpaired) electrons. The Morgan fingerprint density at radius 2 is 1.85 bits per heavy atom. The molecule has 0 bridgehead atoms. The van der Waals surface area contributed by atoms with E-state index in [9.17, 15) is 18.4 Å². The predicted octanol–water partition coefficient (Wildman–Crippen LogP) is 4.47. The highest BCUT2D eigenvalue weighted by Crippen LogP contribution is 2.24. The lowest BCUT2D eigenvalue weighted by Crippen LogP contribution is -2.38. The van der Waals surface area contributed by atoms with Crippen molar-refractivity contribution < 1.29 is 22.8 Å². The quantitative estimate of drug-likeness (QED) is 0.697. The van der Waals surface area contributed by atoms with E-state index in [1.54, 1.807) is 25.1 Å². The fourth-order valence-corrected chi connectivity index (χ4v) is 2.75. The van der Waals surface area contributed by atoms with Crippen LogP contribution in [0.4, 0.5) is 14.5 Å². The standard InChI is InChI=1S/C19H15ClF2N2O3/c1-2-24(10-17(25)23-18-13(21)4-3-5-14(18)22)19(26)16-9-11-8-12(20)6-7-15(11)27-16/h3-9H,2,10H2,1H3,(H,23,25). The van der Waals surface area contributed by atoms with Crippen LogP contribution in [0.2, 0.25) is 5.02 Å². The van der Waals surface area contributed by atoms with Gasteiger partial charge in [0, 0.05) is 17.0 Å². The summed E-state index contributed by atoms with van der Waals surface area (Å²) in [5.74, 6) is -3.00. The Labute approximate surface area is 158 Å². The minimum atomic E-state index is -0.896. The number of likely N-dealkylation sites (N-methyl/N-ethyl adjacent to an activating group) is 1. The van der Waals surface area contributed by atoms with Crippen molar-refractivity contribution in [1.29, 1.82) is 0 Å². The van der Waals surface area contributed by atoms with E-state index in [1.807, 2.05) is 0 Å². The molecule has 140 valence electrons. The summed E-state index contributed by atoms with van der Waals surface area (Å²) in [4.78, 5) is 26.0. The Kier molecular flexibility index (Phi) is 5.41. The van der Waals surface area contributed by atoms with Crippen molar-refractivity contribution in [2.24, 2.45) is 0 Å². The molecule has 3 rings (SSSR count). The molecule has 0 atom stereocenters. The van der Waals surface area contributed by atoms with Crippen LogP contribution in [0, 0.1) is 11.6 Å². The summed E-state index contributed by atoms with van der Waals surface area (Å²) in [5, 5.41) is 3.31. The number of carbonyl (C=O) groups excluding carboxylic acids is 2. The van der Waals surface area contributed by atoms with E-state index in [0.29, 0.717) is 16.0 Å². The minimum Gasteiger partial charge on any atom is -0.451 e. The first-order valence-electron chi connectivity index (χ1n) is 8.11. The second-order valence-corrected chi connectivity index (χ2v) is 6.19. The van der Waals surface area contributed by atoms with Crippen molar-refractivity contribution in [3.8, 4) is 0 Å². The van der Waals surface area contributed by atoms with E-state index in [4.69, 9.17) is 16.0 Å². The summed E-state index contributed by atoms with van der Waals surface area (Å²) < 4.78 is 32.8. The largest absolute Gasteiger partial charge is 0.451 e. The molecule has 0 spiro atoms. The van der Waals surface area contributed by atoms with E-state index < -0.39 is 29.1 Å². The first-order chi connectivity index (χ1) is 12.9. The molecule has 2 amide bonds. The smallest absolute Gasteiger partial charge is 0.290 e. The molecule has 5 nitrogen and oxygen atoms in total. The van der Waals surface area contributed by atoms with Crippen LogP contribution in [0.1, 0.15) is 17.5 Å². The minimum absolute atomic E-state index is 0.0407. The number of hydrogen-bond donors (Lipinski definition) is 1. The maximum absolute atomic E-state index is 13.6. The number of halogens is 3. The molecule has 0 fully saturated rings. The fraction of sp³-hybridized carbons (Fsp3) is 0.158. The van der Waals surface area contributed by atoms with Gasteiger partial charge in [0.1, 0.15) is 29.4 Å². The van der Waals surface area contributed by atoms with E-state index >= 15 is 0 Å². The normalized spacial score (nSPS) is 10.8. The molecule has 8 heteroatoms. The SMILES string of the molecule is CCN(CC(=O)Nc1c(F)cccc1F)C(=O)c1cc2cc(Cl)ccc2o1. The molecule has 0 aliphatic heterocycles. The Morgan fingerprint density at radius 1 is 1.15 bits per heavy atom. The van der Waals surface area contributed by atoms with Crippen molar-refractivity contribution >= 4 is 40.1 Å². The molecule has 0 saturated carbocycles. The lowest BCUT2D eigenvalue weighted by Gasteiger charge is -2.19. The van der Waals surface area contributed by atoms with Crippen molar-refractivity contribution in [2.75, 3.05) is 18.4 Å². The number of nitrogens with zero attached hydrogens (tertiary/aromatic N) is 1. The number of para-hydroxylation sites is 1. The van der Waals surface area contributed by atoms with Crippen LogP contribution >= 0.6 is 11.6 Å². The van der Waals surface area contributed by atoms with Gasteiger partial charge in [-0.15, -0.1) is 0 Å². The molecule has 0 unspecified atom stereocenters. The third-order valence-electron chi connectivity index (χ3n) is 3.92. The van der Waals surface area contributed by atoms with Gasteiger partial charge in [-0.25, -0.2) is 8.78 Å². The Balaban J connectivity index is 1.75. The van der Waals surface area contributed by atoms with Gasteiger partial charge in [0.15, 0.2) is 5.76 Å². The second-order valence-electron chi connectivity index (χ2n) is 5.76. The number of hydrogen-bond acceptors (Lipinski definition) is 3. The predicted molar refractivity (Wildman–Crippen MR) is 97.8 cm³/mol. The van der Waals surface area contributed by atoms with Gasteiger partial charge in [0.25, 0.3) is 5.91 Å². The van der Waals surface area contributed by atoms with Crippen molar-refractivity contribution in [2.45, 2.75) is 6.92 Å². The van der Waals surface area contributed by atoms with Crippen molar-refractivity contribution in [1.82, 2.24) is 4.90 Å². The zero-order valence-electron chi connectivity index (χ0n) is 14.3. The van der Waals surface area contributed by atoms with Crippen LogP contribution in [0.5, 0.6) is 0 Å². The van der Waals surface area contributed by atoms with Crippen molar-refractivity contribution in [3.63, 3.8) is 0 Å². The molecule has 27 heavy (non-hydrogen) atoms. The number of fused-ring (bicyclic) bond motifs is 1. The van der Waals surface area contributed by atoms with Gasteiger partial charge in [-0.3, -0.25) is 9.59 Å². The zero-order chi connectivity index (χ0) is 19.6. The van der Waals surface area contributed by atoms with Crippen molar-refractivity contribution in [3.05, 3.63) is 64.9 Å². The lowest BCUT2D eigenvalue weighted by molar-refractivity contribution is -0.116. The average Bonchev–Trinajstić information content (AvgIpc) is 3.05. The van der Waals surface area contributed by atoms with Gasteiger partial charge >= 0.3 is 0 Å². The lowest BCUT2D eigenvalue weighted by atomic mass is 10.2. The second kappa shape index (κ2) is 7.75. The summed E-state index contributed by atoms with van der Waals surface area (Å²) in [5.41, 5.74) is -0.0685. The van der Waals surface area contributed by atoms with Gasteiger partial charge < -0.3 is 14.6 Å². The van der Waals surface area contributed by atoms with Crippen LogP contribution in [0.25, 0.3) is 11.0 Å². The van der Waals surface area contributed by atoms with E-state index in [-0.39, 0.29) is 18.8 Å². The fourth-order valence-electron chi connectivity index (χ4n) is 2.57. The van der Waals surface area contributed by atoms with Crippen LogP contribution in [0.15, 0.2) is 46.9 Å². The summed E-state index contributed by atoms with van der Waals surface area (Å²) in [6, 6.07) is 9.70. The Hall–Kier alpha value is -2.93. The third-order valence-corrected chi connectivity index (χ3v) is 4.15. The van der Waals surface area contributed by atoms with E-state index in [0.717, 1.165) is 12.1 Å². The molecule has 0 saturated heterocycles. The maximum Gasteiger partial charge on any atom is 0.290 e. The molecule has 3 aromatic rings. The molecule has 2 aromatic carbocycles. The molecule has 0 aliphatic carbocycles. The number of nitrogens with one attached hydrogen (secondary N) is 1. The molecule has 0 aliphatic rings. The van der Waals surface area contributed by atoms with Crippen LogP contribution in [0.3, 0.4) is 0 Å². The molecule has 1 heterocycles. The highest BCUT2D eigenvalue weighted by molar-refractivity contribution is 6.31. The number of benzene rings is 2. The third kappa shape index (κ3) is 4.09. The number of furan rings is 1. The highest BCUT2D eigenvalue weighted by Gasteiger charge is 2.22. The zero-order valence-corrected chi connectivity index (χ0v) is 15.0. The molecular formula is C19H15ClF2N2O3. The van der Waals surface area contributed by atoms with E-state index in [1.165, 1.54) is 17.0 Å². The van der Waals surface area contributed by atoms with Crippen LogP contribution < -0.4 is 5.32 Å². The maximum atomic E-state index is 13.6. The molecule has 1 aromatic heterocycles. The van der Waals surface area contributed by atoms with Crippen LogP contribution in [-0.4, -0.2) is 29.8 Å². The first-order valence-corrected chi connectivity index (χ1v) is 8.49. The highest BCUT2D eigenvalue weighted by atomic mass is 35.5. The van der Waals surface area contributed by atoms with Gasteiger partial charge in [0.2, 0.25) is 5.91 Å². The number of amides is 2. The molecule has 1 N–H and O–H groups in total. The van der Waals surface area contributed by atoms with Gasteiger partial charge in [-0.1, -0.05) is 17.7 Å². The molecular weight excluding hydrogens is 378 g/mol. The van der Waals surface area contributed by atoms with Gasteiger partial charge in [-0.2, -0.15) is 0 Å². The van der Waals surface area contributed by atoms with E-state index in [2.05, 4.69) is 5.32 Å². The number of rotatable bonds is 5.